The Morgan fingerprint density at radius 2 is 2.10 bits per heavy atom. The molecule has 1 fully saturated rings. The van der Waals surface area contributed by atoms with Crippen molar-refractivity contribution in [2.75, 3.05) is 12.4 Å². The summed E-state index contributed by atoms with van der Waals surface area (Å²) in [5.41, 5.74) is 0.761. The van der Waals surface area contributed by atoms with E-state index in [0.717, 1.165) is 31.4 Å². The summed E-state index contributed by atoms with van der Waals surface area (Å²) in [6, 6.07) is 3.29. The van der Waals surface area contributed by atoms with Gasteiger partial charge >= 0.3 is 11.8 Å². The average molecular weight is 279 g/mol. The van der Waals surface area contributed by atoms with Gasteiger partial charge in [-0.25, -0.2) is 0 Å². The van der Waals surface area contributed by atoms with Gasteiger partial charge in [-0.15, -0.1) is 0 Å². The first kappa shape index (κ1) is 14.2. The molecule has 1 aromatic heterocycles. The number of methoxy groups -OCH3 is 1. The zero-order chi connectivity index (χ0) is 14.5. The summed E-state index contributed by atoms with van der Waals surface area (Å²) < 4.78 is 4.75. The number of nitro groups is 1. The summed E-state index contributed by atoms with van der Waals surface area (Å²) >= 11 is 0. The van der Waals surface area contributed by atoms with E-state index in [1.165, 1.54) is 19.4 Å². The summed E-state index contributed by atoms with van der Waals surface area (Å²) in [7, 11) is 1.41. The SMILES string of the molecule is COC(=O)C1CCC(Nc2ccc([N+](=O)[O-])nc2)CC1. The van der Waals surface area contributed by atoms with E-state index in [-0.39, 0.29) is 23.7 Å². The Bertz CT molecular complexity index is 481. The fourth-order valence-electron chi connectivity index (χ4n) is 2.46. The van der Waals surface area contributed by atoms with Crippen molar-refractivity contribution < 1.29 is 14.5 Å². The summed E-state index contributed by atoms with van der Waals surface area (Å²) in [5, 5.41) is 13.8. The topological polar surface area (TPSA) is 94.4 Å². The molecule has 0 aromatic carbocycles. The zero-order valence-electron chi connectivity index (χ0n) is 11.2. The van der Waals surface area contributed by atoms with Gasteiger partial charge in [-0.2, -0.15) is 0 Å². The number of anilines is 1. The van der Waals surface area contributed by atoms with Crippen molar-refractivity contribution in [3.8, 4) is 0 Å². The molecule has 1 aliphatic rings. The van der Waals surface area contributed by atoms with Crippen LogP contribution in [0, 0.1) is 16.0 Å². The Balaban J connectivity index is 1.86. The Morgan fingerprint density at radius 3 is 2.60 bits per heavy atom. The second kappa shape index (κ2) is 6.31. The van der Waals surface area contributed by atoms with Crippen LogP contribution in [0.5, 0.6) is 0 Å². The average Bonchev–Trinajstić information content (AvgIpc) is 2.48. The first-order valence-corrected chi connectivity index (χ1v) is 6.55. The molecule has 0 atom stereocenters. The van der Waals surface area contributed by atoms with Crippen LogP contribution < -0.4 is 5.32 Å². The van der Waals surface area contributed by atoms with Gasteiger partial charge in [0.1, 0.15) is 0 Å². The van der Waals surface area contributed by atoms with Gasteiger partial charge in [0.05, 0.1) is 18.7 Å². The van der Waals surface area contributed by atoms with E-state index in [1.54, 1.807) is 6.07 Å². The van der Waals surface area contributed by atoms with Crippen LogP contribution >= 0.6 is 0 Å². The number of aromatic nitrogens is 1. The number of pyridine rings is 1. The molecule has 0 spiro atoms. The number of hydrogen-bond donors (Lipinski definition) is 1. The van der Waals surface area contributed by atoms with Crippen molar-refractivity contribution in [2.24, 2.45) is 5.92 Å². The predicted octanol–water partition coefficient (Wildman–Crippen LogP) is 2.13. The molecule has 1 N–H and O–H groups in total. The molecule has 2 rings (SSSR count). The molecule has 108 valence electrons. The lowest BCUT2D eigenvalue weighted by Gasteiger charge is -2.27. The maximum atomic E-state index is 11.4. The van der Waals surface area contributed by atoms with E-state index in [9.17, 15) is 14.9 Å². The van der Waals surface area contributed by atoms with Crippen LogP contribution in [0.1, 0.15) is 25.7 Å². The molecular weight excluding hydrogens is 262 g/mol. The largest absolute Gasteiger partial charge is 0.469 e. The molecule has 0 radical (unpaired) electrons. The van der Waals surface area contributed by atoms with Gasteiger partial charge < -0.3 is 20.2 Å². The molecule has 1 aromatic rings. The van der Waals surface area contributed by atoms with Crippen LogP contribution in [0.4, 0.5) is 11.5 Å². The van der Waals surface area contributed by atoms with Gasteiger partial charge in [0.25, 0.3) is 0 Å². The number of nitrogens with zero attached hydrogens (tertiary/aromatic N) is 2. The third-order valence-corrected chi connectivity index (χ3v) is 3.57. The third-order valence-electron chi connectivity index (χ3n) is 3.57. The molecule has 1 heterocycles. The van der Waals surface area contributed by atoms with Gasteiger partial charge in [-0.1, -0.05) is 0 Å². The van der Waals surface area contributed by atoms with E-state index < -0.39 is 4.92 Å². The van der Waals surface area contributed by atoms with Crippen LogP contribution in [0.25, 0.3) is 0 Å². The Hall–Kier alpha value is -2.18. The lowest BCUT2D eigenvalue weighted by atomic mass is 9.86. The van der Waals surface area contributed by atoms with E-state index in [2.05, 4.69) is 10.3 Å². The maximum Gasteiger partial charge on any atom is 0.363 e. The monoisotopic (exact) mass is 279 g/mol. The highest BCUT2D eigenvalue weighted by Gasteiger charge is 2.26. The summed E-state index contributed by atoms with van der Waals surface area (Å²) in [6.45, 7) is 0. The fraction of sp³-hybridized carbons (Fsp3) is 0.538. The van der Waals surface area contributed by atoms with Crippen molar-refractivity contribution in [3.63, 3.8) is 0 Å². The van der Waals surface area contributed by atoms with Gasteiger partial charge in [0.15, 0.2) is 6.20 Å². The van der Waals surface area contributed by atoms with Crippen LogP contribution in [-0.4, -0.2) is 29.0 Å². The molecule has 20 heavy (non-hydrogen) atoms. The number of nitrogens with one attached hydrogen (secondary N) is 1. The molecule has 7 heteroatoms. The number of carbonyl (C=O) groups is 1. The molecular formula is C13H17N3O4. The Kier molecular flexibility index (Phi) is 4.49. The minimum Gasteiger partial charge on any atom is -0.469 e. The van der Waals surface area contributed by atoms with E-state index in [0.29, 0.717) is 0 Å². The van der Waals surface area contributed by atoms with Gasteiger partial charge in [-0.3, -0.25) is 4.79 Å². The van der Waals surface area contributed by atoms with Crippen LogP contribution in [0.15, 0.2) is 18.3 Å². The Morgan fingerprint density at radius 1 is 1.40 bits per heavy atom. The molecule has 0 aliphatic heterocycles. The Labute approximate surface area is 116 Å². The maximum absolute atomic E-state index is 11.4. The standard InChI is InChI=1S/C13H17N3O4/c1-20-13(17)9-2-4-10(5-3-9)15-11-6-7-12(14-8-11)16(18)19/h6-10,15H,2-5H2,1H3. The lowest BCUT2D eigenvalue weighted by Crippen LogP contribution is -2.29. The fourth-order valence-corrected chi connectivity index (χ4v) is 2.46. The first-order chi connectivity index (χ1) is 9.60. The zero-order valence-corrected chi connectivity index (χ0v) is 11.2. The highest BCUT2D eigenvalue weighted by molar-refractivity contribution is 5.72. The molecule has 7 nitrogen and oxygen atoms in total. The van der Waals surface area contributed by atoms with E-state index in [1.807, 2.05) is 0 Å². The molecule has 0 saturated heterocycles. The van der Waals surface area contributed by atoms with E-state index >= 15 is 0 Å². The van der Waals surface area contributed by atoms with E-state index in [4.69, 9.17) is 4.74 Å². The molecule has 1 saturated carbocycles. The quantitative estimate of drug-likeness (QED) is 0.515. The van der Waals surface area contributed by atoms with Crippen molar-refractivity contribution in [3.05, 3.63) is 28.4 Å². The molecule has 0 bridgehead atoms. The smallest absolute Gasteiger partial charge is 0.363 e. The summed E-state index contributed by atoms with van der Waals surface area (Å²) in [5.74, 6) is -0.307. The third kappa shape index (κ3) is 3.43. The van der Waals surface area contributed by atoms with Crippen molar-refractivity contribution in [1.29, 1.82) is 0 Å². The number of hydrogen-bond acceptors (Lipinski definition) is 6. The number of rotatable bonds is 4. The second-order valence-electron chi connectivity index (χ2n) is 4.88. The number of carbonyl (C=O) groups excluding carboxylic acids is 1. The van der Waals surface area contributed by atoms with Crippen molar-refractivity contribution in [2.45, 2.75) is 31.7 Å². The summed E-state index contributed by atoms with van der Waals surface area (Å²) in [6.07, 6.45) is 4.80. The van der Waals surface area contributed by atoms with Crippen LogP contribution in [0.3, 0.4) is 0 Å². The first-order valence-electron chi connectivity index (χ1n) is 6.55. The highest BCUT2D eigenvalue weighted by Crippen LogP contribution is 2.27. The van der Waals surface area contributed by atoms with Crippen LogP contribution in [-0.2, 0) is 9.53 Å². The minimum absolute atomic E-state index is 0.00645. The number of esters is 1. The minimum atomic E-state index is -0.522. The number of ether oxygens (including phenoxy) is 1. The molecule has 1 aliphatic carbocycles. The normalized spacial score (nSPS) is 22.1. The van der Waals surface area contributed by atoms with Gasteiger partial charge in [0, 0.05) is 12.1 Å². The molecule has 0 amide bonds. The lowest BCUT2D eigenvalue weighted by molar-refractivity contribution is -0.389. The van der Waals surface area contributed by atoms with Gasteiger partial charge in [-0.05, 0) is 41.7 Å². The molecule has 0 unspecified atom stereocenters. The second-order valence-corrected chi connectivity index (χ2v) is 4.88. The van der Waals surface area contributed by atoms with Gasteiger partial charge in [0.2, 0.25) is 0 Å². The summed E-state index contributed by atoms with van der Waals surface area (Å²) in [4.78, 5) is 25.2. The van der Waals surface area contributed by atoms with Crippen molar-refractivity contribution >= 4 is 17.5 Å². The van der Waals surface area contributed by atoms with Crippen molar-refractivity contribution in [1.82, 2.24) is 4.98 Å². The predicted molar refractivity (Wildman–Crippen MR) is 72.3 cm³/mol. The van der Waals surface area contributed by atoms with Crippen LogP contribution in [0.2, 0.25) is 0 Å². The highest BCUT2D eigenvalue weighted by atomic mass is 16.6.